The monoisotopic (exact) mass is 1760 g/mol. The van der Waals surface area contributed by atoms with Gasteiger partial charge in [-0.1, -0.05) is 42.9 Å². The summed E-state index contributed by atoms with van der Waals surface area (Å²) in [5, 5.41) is 2.72. The maximum atomic E-state index is 14.5. The van der Waals surface area contributed by atoms with E-state index in [9.17, 15) is 44.4 Å². The molecule has 0 aromatic rings. The van der Waals surface area contributed by atoms with Gasteiger partial charge in [-0.2, -0.15) is 9.78 Å². The molecule has 1 atom stereocenters. The van der Waals surface area contributed by atoms with Gasteiger partial charge < -0.3 is 35.3 Å². The van der Waals surface area contributed by atoms with Gasteiger partial charge in [0.15, 0.2) is 6.17 Å². The quantitative estimate of drug-likeness (QED) is 0.0178. The number of hydrogen-bond acceptors (Lipinski definition) is 17. The van der Waals surface area contributed by atoms with Gasteiger partial charge in [0.1, 0.15) is 29.5 Å². The third kappa shape index (κ3) is 22.0. The average molecular weight is 1760 g/mol. The van der Waals surface area contributed by atoms with E-state index in [0.29, 0.717) is 83.7 Å². The first-order chi connectivity index (χ1) is 30.1. The Bertz CT molecular complexity index is 1730. The summed E-state index contributed by atoms with van der Waals surface area (Å²) in [6, 6.07) is -2.15. The van der Waals surface area contributed by atoms with Crippen LogP contribution >= 0.6 is 0 Å². The van der Waals surface area contributed by atoms with Crippen LogP contribution in [0, 0.1) is 20.8 Å². The second-order valence-corrected chi connectivity index (χ2v) is 22.0. The van der Waals surface area contributed by atoms with Crippen molar-refractivity contribution < 1.29 is 73.2 Å². The van der Waals surface area contributed by atoms with E-state index >= 15 is 0 Å². The Kier molecular flexibility index (Phi) is 30.1. The minimum absolute atomic E-state index is 0. The van der Waals surface area contributed by atoms with E-state index in [-0.39, 0.29) is 99.7 Å². The molecule has 21 nitrogen and oxygen atoms in total. The summed E-state index contributed by atoms with van der Waals surface area (Å²) in [6.07, 6.45) is 7.89. The molecule has 2 aliphatic heterocycles. The van der Waals surface area contributed by atoms with Gasteiger partial charge in [-0.3, -0.25) is 15.3 Å². The van der Waals surface area contributed by atoms with Gasteiger partial charge >= 0.3 is 24.2 Å². The van der Waals surface area contributed by atoms with Crippen molar-refractivity contribution in [3.8, 4) is 0 Å². The van der Waals surface area contributed by atoms with Crippen LogP contribution in [-0.2, 0) is 53.8 Å². The number of quaternary nitrogens is 1. The van der Waals surface area contributed by atoms with Crippen molar-refractivity contribution in [1.82, 2.24) is 15.1 Å². The van der Waals surface area contributed by atoms with Crippen molar-refractivity contribution in [2.75, 3.05) is 87.1 Å². The van der Waals surface area contributed by atoms with Crippen molar-refractivity contribution >= 4 is 66.5 Å². The fraction of sp³-hybridized carbons (Fsp3) is 0.769. The summed E-state index contributed by atoms with van der Waals surface area (Å²) < 4.78 is 74.0. The van der Waals surface area contributed by atoms with E-state index < -0.39 is 64.3 Å². The van der Waals surface area contributed by atoms with Crippen LogP contribution in [0.2, 0.25) is 0 Å². The molecule has 0 aromatic carbocycles. The van der Waals surface area contributed by atoms with Crippen LogP contribution in [0.5, 0.6) is 0 Å². The zero-order valence-corrected chi connectivity index (χ0v) is 60.2. The van der Waals surface area contributed by atoms with Gasteiger partial charge in [-0.05, 0) is 64.2 Å². The largest absolute Gasteiger partial charge is 0.449 e. The third-order valence-electron chi connectivity index (χ3n) is 10.3. The topological polar surface area (TPSA) is 260 Å². The van der Waals surface area contributed by atoms with E-state index in [1.54, 1.807) is 0 Å². The number of rotatable bonds is 34. The number of unbranched alkanes of at least 4 members (excludes halogenated alkanes) is 6. The Hall–Kier alpha value is -6.45. The molecule has 0 aromatic heterocycles. The molecule has 1 spiro atoms. The van der Waals surface area contributed by atoms with E-state index in [0.717, 1.165) is 22.6 Å². The van der Waals surface area contributed by atoms with Crippen molar-refractivity contribution in [2.24, 2.45) is 9.98 Å². The van der Waals surface area contributed by atoms with Crippen molar-refractivity contribution in [1.29, 1.82) is 0 Å². The normalized spacial score (nSPS) is 18.2. The Labute approximate surface area is 373 Å². The second-order valence-electron chi connectivity index (χ2n) is 15.1. The fourth-order valence-electron chi connectivity index (χ4n) is 6.68. The molecule has 2 saturated heterocycles. The molecule has 1 unspecified atom stereocenters. The number of carbonyl (C=O) groups is 4. The predicted molar refractivity (Wildman–Crippen MR) is 235 cm³/mol. The molecule has 2 rings (SSSR count). The number of nitrogens with one attached hydrogen (secondary N) is 1. The molecule has 7 amide bonds. The average Bonchev–Trinajstić information content (AvgIpc) is 3.47. The van der Waals surface area contributed by atoms with Gasteiger partial charge in [0.25, 0.3) is 0 Å². The Morgan fingerprint density at radius 2 is 1.05 bits per heavy atom. The summed E-state index contributed by atoms with van der Waals surface area (Å²) in [5.41, 5.74) is 0. The summed E-state index contributed by atoms with van der Waals surface area (Å²) in [5.74, 6) is -0.958. The number of amides is 7. The van der Waals surface area contributed by atoms with Gasteiger partial charge in [0.2, 0.25) is 12.8 Å². The summed E-state index contributed by atoms with van der Waals surface area (Å²) in [4.78, 5) is 85.9. The van der Waals surface area contributed by atoms with Crippen LogP contribution in [0.3, 0.4) is 0 Å². The minimum Gasteiger partial charge on any atom is -0.449 e. The standard InChI is InChI=1S/C39H68N6O15S3.3Rf/c1-4-61(50,51)30-18-27-56-36(46)42-35-21-12-11-17-26-45(35)38(48)43(24-15-9-7-13-22-40-33-59-57-28-19-31-62(52,53)5-2)37(47)44(39(45)49)25-16-10-8-14-23-41-34-60-58-29-20-32-63(54,55)6-3;;;/h33-35H,1-32H2,(H,42,46);;;/q-2;;;. The number of hydrogen-bond donors (Lipinski definition) is 1. The van der Waals surface area contributed by atoms with E-state index in [1.807, 2.05) is 0 Å². The first-order valence-electron chi connectivity index (χ1n) is 21.6. The Morgan fingerprint density at radius 1 is 0.621 bits per heavy atom. The van der Waals surface area contributed by atoms with E-state index in [2.05, 4.69) is 36.1 Å². The van der Waals surface area contributed by atoms with Crippen molar-refractivity contribution in [3.05, 3.63) is 20.8 Å². The molecule has 0 bridgehead atoms. The van der Waals surface area contributed by atoms with Crippen molar-refractivity contribution in [2.45, 2.75) is 102 Å². The maximum absolute atomic E-state index is 14.5. The summed E-state index contributed by atoms with van der Waals surface area (Å²) in [6.45, 7) is 11.1. The number of urea groups is 3. The van der Waals surface area contributed by atoms with Crippen LogP contribution in [-0.4, -0.2) is 170 Å². The molecular formula is C39H68N6O15Rf3S3-2. The molecule has 0 radical (unpaired) electrons. The zero-order chi connectivity index (χ0) is 46.6. The summed E-state index contributed by atoms with van der Waals surface area (Å²) in [7, 11) is -9.74. The molecule has 66 heavy (non-hydrogen) atoms. The third-order valence-corrected chi connectivity index (χ3v) is 14.9. The minimum atomic E-state index is -3.38. The SMILES string of the molecule is [CH2-]CS(=O)(=O)CCCOOC=NCCCCCCN1C(=O)N(CCCCCCN=COOCCCS(=O)(=O)C[CH2-])C(=O)[N+]2(CCCCCC2NC(=O)OCCCS(=O)(=O)C[CH2-])C1=O.[Rf].[Rf].[Rf]. The molecule has 0 aliphatic carbocycles. The van der Waals surface area contributed by atoms with Crippen LogP contribution in [0.1, 0.15) is 96.3 Å². The molecule has 2 aliphatic rings. The number of ether oxygens (including phenoxy) is 1. The van der Waals surface area contributed by atoms with Gasteiger partial charge in [0.05, 0.1) is 32.1 Å². The molecule has 1 N–H and O–H groups in total. The zero-order valence-electron chi connectivity index (χ0n) is 38.6. The van der Waals surface area contributed by atoms with Crippen molar-refractivity contribution in [3.63, 3.8) is 0 Å². The Morgan fingerprint density at radius 3 is 1.48 bits per heavy atom. The van der Waals surface area contributed by atoms with E-state index in [1.165, 1.54) is 0 Å². The molecule has 27 heteroatoms. The van der Waals surface area contributed by atoms with Crippen LogP contribution < -0.4 is 5.32 Å². The predicted octanol–water partition coefficient (Wildman–Crippen LogP) is 4.40. The Balaban J connectivity index is 0. The molecule has 370 valence electrons. The van der Waals surface area contributed by atoms with Gasteiger partial charge in [0, 0.05) is 44.1 Å². The number of imide groups is 3. The number of sulfone groups is 3. The summed E-state index contributed by atoms with van der Waals surface area (Å²) >= 11 is 0. The van der Waals surface area contributed by atoms with Crippen LogP contribution in [0.15, 0.2) is 9.98 Å². The maximum Gasteiger partial charge on any atom is 0.438 e. The molecular weight excluding hydrogens is 1690 g/mol. The first kappa shape index (κ1) is 61.6. The second kappa shape index (κ2) is 32.2. The van der Waals surface area contributed by atoms with Crippen LogP contribution in [0.4, 0.5) is 19.2 Å². The van der Waals surface area contributed by atoms with Gasteiger partial charge in [-0.25, -0.2) is 54.2 Å². The fourth-order valence-corrected chi connectivity index (χ4v) is 8.96. The van der Waals surface area contributed by atoms with Gasteiger partial charge in [-0.15, -0.1) is 4.48 Å². The number of aliphatic imine (C=N–C) groups is 2. The number of alkyl carbamates (subject to hydrolysis) is 1. The number of nitrogens with zero attached hydrogens (tertiary/aromatic N) is 5. The first-order valence-corrected chi connectivity index (χ1v) is 27.0. The molecule has 2 heterocycles. The molecule has 2 fully saturated rings. The number of carbonyl (C=O) groups excluding carboxylic acids is 4. The molecule has 0 saturated carbocycles. The van der Waals surface area contributed by atoms with E-state index in [4.69, 9.17) is 24.3 Å². The van der Waals surface area contributed by atoms with Crippen LogP contribution in [0.25, 0.3) is 0 Å². The smallest absolute Gasteiger partial charge is 0.438 e.